The Labute approximate surface area is 165 Å². The lowest BCUT2D eigenvalue weighted by molar-refractivity contribution is 0.242. The monoisotopic (exact) mass is 384 g/mol. The molecule has 4 aromatic rings. The van der Waals surface area contributed by atoms with Crippen LogP contribution in [-0.2, 0) is 0 Å². The second kappa shape index (κ2) is 6.90. The number of nitrogens with one attached hydrogen (secondary N) is 2. The van der Waals surface area contributed by atoms with E-state index in [9.17, 15) is 4.79 Å². The van der Waals surface area contributed by atoms with E-state index in [0.29, 0.717) is 0 Å². The first-order valence-electron chi connectivity index (χ1n) is 8.92. The minimum Gasteiger partial charge on any atom is -0.327 e. The number of thiazole rings is 1. The van der Waals surface area contributed by atoms with Crippen LogP contribution in [-0.4, -0.2) is 16.0 Å². The number of para-hydroxylation sites is 1. The van der Waals surface area contributed by atoms with E-state index >= 15 is 0 Å². The fourth-order valence-corrected chi connectivity index (χ4v) is 4.46. The standard InChI is InChI=1S/C22H16N4OS/c27-22-25-19(14-7-2-1-3-8-14)18(20(26-22)15-9-6-12-23-13-15)21-24-16-10-4-5-11-17(16)28-21/h1-13,20H,(H2,25,26,27). The zero-order valence-electron chi connectivity index (χ0n) is 14.8. The molecule has 0 saturated heterocycles. The summed E-state index contributed by atoms with van der Waals surface area (Å²) in [7, 11) is 0. The van der Waals surface area contributed by atoms with Crippen LogP contribution in [0.25, 0.3) is 21.5 Å². The molecular weight excluding hydrogens is 368 g/mol. The van der Waals surface area contributed by atoms with Crippen molar-refractivity contribution in [1.29, 1.82) is 0 Å². The lowest BCUT2D eigenvalue weighted by Gasteiger charge is -2.29. The Morgan fingerprint density at radius 2 is 1.75 bits per heavy atom. The first-order valence-corrected chi connectivity index (χ1v) is 9.74. The summed E-state index contributed by atoms with van der Waals surface area (Å²) in [5.41, 5.74) is 4.53. The number of carbonyl (C=O) groups excluding carboxylic acids is 1. The number of carbonyl (C=O) groups is 1. The smallest absolute Gasteiger partial charge is 0.320 e. The van der Waals surface area contributed by atoms with Crippen molar-refractivity contribution >= 4 is 38.9 Å². The largest absolute Gasteiger partial charge is 0.327 e. The normalized spacial score (nSPS) is 16.7. The molecule has 0 aliphatic carbocycles. The van der Waals surface area contributed by atoms with Gasteiger partial charge in [0.25, 0.3) is 0 Å². The van der Waals surface area contributed by atoms with Crippen molar-refractivity contribution in [1.82, 2.24) is 20.6 Å². The number of urea groups is 1. The van der Waals surface area contributed by atoms with E-state index < -0.39 is 0 Å². The van der Waals surface area contributed by atoms with Crippen molar-refractivity contribution in [2.24, 2.45) is 0 Å². The van der Waals surface area contributed by atoms with Gasteiger partial charge in [-0.15, -0.1) is 11.3 Å². The van der Waals surface area contributed by atoms with E-state index in [4.69, 9.17) is 4.98 Å². The molecule has 5 rings (SSSR count). The molecule has 0 saturated carbocycles. The van der Waals surface area contributed by atoms with Crippen LogP contribution in [0.5, 0.6) is 0 Å². The summed E-state index contributed by atoms with van der Waals surface area (Å²) in [6.07, 6.45) is 3.51. The maximum absolute atomic E-state index is 12.5. The maximum Gasteiger partial charge on any atom is 0.320 e. The highest BCUT2D eigenvalue weighted by Crippen LogP contribution is 2.40. The fourth-order valence-electron chi connectivity index (χ4n) is 3.41. The van der Waals surface area contributed by atoms with Crippen LogP contribution in [0.15, 0.2) is 79.1 Å². The second-order valence-electron chi connectivity index (χ2n) is 6.46. The molecule has 3 heterocycles. The number of benzene rings is 2. The van der Waals surface area contributed by atoms with Gasteiger partial charge in [-0.25, -0.2) is 9.78 Å². The van der Waals surface area contributed by atoms with Crippen molar-refractivity contribution in [2.45, 2.75) is 6.04 Å². The minimum absolute atomic E-state index is 0.238. The summed E-state index contributed by atoms with van der Waals surface area (Å²) in [6, 6.07) is 21.2. The van der Waals surface area contributed by atoms with Gasteiger partial charge in [0.1, 0.15) is 5.01 Å². The molecule has 0 fully saturated rings. The third-order valence-electron chi connectivity index (χ3n) is 4.68. The Balaban J connectivity index is 1.78. The number of fused-ring (bicyclic) bond motifs is 1. The highest BCUT2D eigenvalue weighted by molar-refractivity contribution is 7.19. The van der Waals surface area contributed by atoms with Crippen molar-refractivity contribution < 1.29 is 4.79 Å². The number of hydrogen-bond acceptors (Lipinski definition) is 4. The van der Waals surface area contributed by atoms with E-state index in [1.165, 1.54) is 0 Å². The van der Waals surface area contributed by atoms with Crippen LogP contribution < -0.4 is 10.6 Å². The van der Waals surface area contributed by atoms with Gasteiger partial charge in [0.2, 0.25) is 0 Å². The molecule has 1 unspecified atom stereocenters. The van der Waals surface area contributed by atoms with Gasteiger partial charge in [0.15, 0.2) is 0 Å². The van der Waals surface area contributed by atoms with E-state index in [1.807, 2.05) is 60.7 Å². The van der Waals surface area contributed by atoms with E-state index in [-0.39, 0.29) is 12.1 Å². The highest BCUT2D eigenvalue weighted by atomic mass is 32.1. The zero-order valence-corrected chi connectivity index (χ0v) is 15.6. The van der Waals surface area contributed by atoms with Gasteiger partial charge in [0, 0.05) is 18.0 Å². The summed E-state index contributed by atoms with van der Waals surface area (Å²) in [5, 5.41) is 6.92. The molecule has 0 radical (unpaired) electrons. The molecule has 1 aliphatic heterocycles. The summed E-state index contributed by atoms with van der Waals surface area (Å²) in [6.45, 7) is 0. The topological polar surface area (TPSA) is 66.9 Å². The Bertz CT molecular complexity index is 1150. The van der Waals surface area contributed by atoms with Crippen molar-refractivity contribution in [2.75, 3.05) is 0 Å². The summed E-state index contributed by atoms with van der Waals surface area (Å²) >= 11 is 1.62. The van der Waals surface area contributed by atoms with Crippen LogP contribution in [0.2, 0.25) is 0 Å². The predicted molar refractivity (Wildman–Crippen MR) is 112 cm³/mol. The van der Waals surface area contributed by atoms with Gasteiger partial charge in [-0.2, -0.15) is 0 Å². The van der Waals surface area contributed by atoms with Crippen molar-refractivity contribution in [3.8, 4) is 0 Å². The predicted octanol–water partition coefficient (Wildman–Crippen LogP) is 4.61. The maximum atomic E-state index is 12.5. The fraction of sp³-hybridized carbons (Fsp3) is 0.0455. The molecule has 5 nitrogen and oxygen atoms in total. The molecule has 2 N–H and O–H groups in total. The van der Waals surface area contributed by atoms with Crippen LogP contribution in [0.3, 0.4) is 0 Å². The molecule has 0 spiro atoms. The number of pyridine rings is 1. The Kier molecular flexibility index (Phi) is 4.10. The molecule has 6 heteroatoms. The van der Waals surface area contributed by atoms with E-state index in [2.05, 4.69) is 21.7 Å². The lowest BCUT2D eigenvalue weighted by atomic mass is 9.94. The first-order chi connectivity index (χ1) is 13.8. The third-order valence-corrected chi connectivity index (χ3v) is 5.75. The average molecular weight is 384 g/mol. The molecule has 0 bridgehead atoms. The van der Waals surface area contributed by atoms with Gasteiger partial charge in [-0.05, 0) is 29.3 Å². The van der Waals surface area contributed by atoms with Gasteiger partial charge in [-0.1, -0.05) is 48.5 Å². The average Bonchev–Trinajstić information content (AvgIpc) is 3.18. The van der Waals surface area contributed by atoms with Crippen LogP contribution in [0, 0.1) is 0 Å². The number of hydrogen-bond donors (Lipinski definition) is 2. The van der Waals surface area contributed by atoms with Crippen LogP contribution in [0.1, 0.15) is 22.2 Å². The van der Waals surface area contributed by atoms with E-state index in [0.717, 1.165) is 37.6 Å². The minimum atomic E-state index is -0.335. The lowest BCUT2D eigenvalue weighted by Crippen LogP contribution is -2.43. The molecule has 2 aromatic heterocycles. The van der Waals surface area contributed by atoms with Gasteiger partial charge in [0.05, 0.1) is 22.0 Å². The number of amides is 2. The third kappa shape index (κ3) is 2.93. The van der Waals surface area contributed by atoms with Crippen molar-refractivity contribution in [3.05, 3.63) is 95.3 Å². The summed E-state index contributed by atoms with van der Waals surface area (Å²) in [4.78, 5) is 21.6. The van der Waals surface area contributed by atoms with Crippen molar-refractivity contribution in [3.63, 3.8) is 0 Å². The van der Waals surface area contributed by atoms with Crippen LogP contribution >= 0.6 is 11.3 Å². The number of aromatic nitrogens is 2. The second-order valence-corrected chi connectivity index (χ2v) is 7.49. The molecule has 2 aromatic carbocycles. The number of nitrogens with zero attached hydrogens (tertiary/aromatic N) is 2. The van der Waals surface area contributed by atoms with Gasteiger partial charge < -0.3 is 10.6 Å². The van der Waals surface area contributed by atoms with E-state index in [1.54, 1.807) is 23.7 Å². The molecule has 136 valence electrons. The first kappa shape index (κ1) is 16.6. The summed E-state index contributed by atoms with van der Waals surface area (Å²) in [5.74, 6) is 0. The zero-order chi connectivity index (χ0) is 18.9. The molecular formula is C22H16N4OS. The molecule has 1 aliphatic rings. The highest BCUT2D eigenvalue weighted by Gasteiger charge is 2.32. The Morgan fingerprint density at radius 1 is 0.929 bits per heavy atom. The summed E-state index contributed by atoms with van der Waals surface area (Å²) < 4.78 is 1.11. The molecule has 28 heavy (non-hydrogen) atoms. The molecule has 1 atom stereocenters. The quantitative estimate of drug-likeness (QED) is 0.542. The van der Waals surface area contributed by atoms with Crippen LogP contribution in [0.4, 0.5) is 4.79 Å². The number of rotatable bonds is 3. The van der Waals surface area contributed by atoms with Gasteiger partial charge >= 0.3 is 6.03 Å². The molecule has 2 amide bonds. The SMILES string of the molecule is O=C1NC(c2ccccc2)=C(c2nc3ccccc3s2)C(c2cccnc2)N1. The van der Waals surface area contributed by atoms with Gasteiger partial charge in [-0.3, -0.25) is 4.98 Å². The Morgan fingerprint density at radius 3 is 2.54 bits per heavy atom. The Hall–Kier alpha value is -3.51.